The first kappa shape index (κ1) is 14.4. The van der Waals surface area contributed by atoms with E-state index in [1.54, 1.807) is 10.7 Å². The van der Waals surface area contributed by atoms with Crippen LogP contribution < -0.4 is 0 Å². The van der Waals surface area contributed by atoms with E-state index in [2.05, 4.69) is 10.1 Å². The zero-order chi connectivity index (χ0) is 14.8. The van der Waals surface area contributed by atoms with Crippen LogP contribution in [0.2, 0.25) is 5.02 Å². The van der Waals surface area contributed by atoms with Gasteiger partial charge in [0.2, 0.25) is 0 Å². The number of hydrogen-bond acceptors (Lipinski definition) is 2. The number of halogens is 3. The van der Waals surface area contributed by atoms with E-state index >= 15 is 0 Å². The van der Waals surface area contributed by atoms with Crippen molar-refractivity contribution in [2.45, 2.75) is 4.84 Å². The lowest BCUT2D eigenvalue weighted by Gasteiger charge is -2.05. The van der Waals surface area contributed by atoms with Gasteiger partial charge in [-0.15, -0.1) is 5.10 Å². The maximum absolute atomic E-state index is 6.19. The smallest absolute Gasteiger partial charge is 0.183 e. The van der Waals surface area contributed by atoms with Crippen molar-refractivity contribution in [3.8, 4) is 17.1 Å². The van der Waals surface area contributed by atoms with Gasteiger partial charge in [-0.2, -0.15) is 0 Å². The molecule has 0 radical (unpaired) electrons. The van der Waals surface area contributed by atoms with E-state index in [9.17, 15) is 0 Å². The lowest BCUT2D eigenvalue weighted by molar-refractivity contribution is 0.827. The standard InChI is InChI=1S/C15H10Cl3N3/c16-12-9-5-4-8-11(12)14-19-15(13(17)18)21(20-14)10-6-2-1-3-7-10/h1-9,13H. The highest BCUT2D eigenvalue weighted by Crippen LogP contribution is 2.30. The molecule has 0 saturated heterocycles. The van der Waals surface area contributed by atoms with Crippen LogP contribution in [0.3, 0.4) is 0 Å². The molecule has 0 unspecified atom stereocenters. The fraction of sp³-hybridized carbons (Fsp3) is 0.0667. The van der Waals surface area contributed by atoms with Gasteiger partial charge in [-0.3, -0.25) is 0 Å². The van der Waals surface area contributed by atoms with Crippen LogP contribution in [0, 0.1) is 0 Å². The second kappa shape index (κ2) is 6.06. The van der Waals surface area contributed by atoms with Gasteiger partial charge < -0.3 is 0 Å². The van der Waals surface area contributed by atoms with Crippen LogP contribution in [0.25, 0.3) is 17.1 Å². The van der Waals surface area contributed by atoms with Crippen LogP contribution in [0.1, 0.15) is 10.7 Å². The van der Waals surface area contributed by atoms with Crippen molar-refractivity contribution in [2.75, 3.05) is 0 Å². The van der Waals surface area contributed by atoms with Crippen LogP contribution in [0.5, 0.6) is 0 Å². The molecule has 1 heterocycles. The SMILES string of the molecule is Clc1ccccc1-c1nc(C(Cl)Cl)n(-c2ccccc2)n1. The predicted octanol–water partition coefficient (Wildman–Crippen LogP) is 5.06. The minimum Gasteiger partial charge on any atom is -0.214 e. The van der Waals surface area contributed by atoms with Crippen LogP contribution >= 0.6 is 34.8 Å². The first-order chi connectivity index (χ1) is 10.2. The molecule has 0 saturated carbocycles. The maximum Gasteiger partial charge on any atom is 0.183 e. The molecule has 3 nitrogen and oxygen atoms in total. The highest BCUT2D eigenvalue weighted by Gasteiger charge is 2.19. The zero-order valence-electron chi connectivity index (χ0n) is 10.7. The minimum atomic E-state index is -0.783. The van der Waals surface area contributed by atoms with Gasteiger partial charge >= 0.3 is 0 Å². The van der Waals surface area contributed by atoms with E-state index in [0.717, 1.165) is 11.3 Å². The van der Waals surface area contributed by atoms with E-state index in [-0.39, 0.29) is 0 Å². The summed E-state index contributed by atoms with van der Waals surface area (Å²) in [4.78, 5) is 3.64. The monoisotopic (exact) mass is 337 g/mol. The quantitative estimate of drug-likeness (QED) is 0.625. The molecule has 6 heteroatoms. The number of alkyl halides is 2. The third kappa shape index (κ3) is 2.91. The summed E-state index contributed by atoms with van der Waals surface area (Å²) in [6.07, 6.45) is 0. The van der Waals surface area contributed by atoms with Gasteiger partial charge in [0.1, 0.15) is 0 Å². The Morgan fingerprint density at radius 1 is 0.905 bits per heavy atom. The lowest BCUT2D eigenvalue weighted by atomic mass is 10.2. The lowest BCUT2D eigenvalue weighted by Crippen LogP contribution is -2.02. The molecule has 0 amide bonds. The Labute approximate surface area is 137 Å². The molecule has 0 spiro atoms. The number of hydrogen-bond donors (Lipinski definition) is 0. The fourth-order valence-corrected chi connectivity index (χ4v) is 2.48. The van der Waals surface area contributed by atoms with E-state index < -0.39 is 4.84 Å². The van der Waals surface area contributed by atoms with Gasteiger partial charge in [-0.25, -0.2) is 9.67 Å². The summed E-state index contributed by atoms with van der Waals surface area (Å²) in [5.74, 6) is 0.949. The molecule has 2 aromatic carbocycles. The number of nitrogens with zero attached hydrogens (tertiary/aromatic N) is 3. The van der Waals surface area contributed by atoms with Crippen molar-refractivity contribution >= 4 is 34.8 Å². The minimum absolute atomic E-state index is 0.458. The first-order valence-electron chi connectivity index (χ1n) is 6.22. The van der Waals surface area contributed by atoms with Gasteiger partial charge in [-0.05, 0) is 24.3 Å². The van der Waals surface area contributed by atoms with Crippen molar-refractivity contribution in [3.05, 3.63) is 65.4 Å². The number of benzene rings is 2. The van der Waals surface area contributed by atoms with Crippen molar-refractivity contribution < 1.29 is 0 Å². The molecule has 3 rings (SSSR count). The third-order valence-electron chi connectivity index (χ3n) is 2.94. The molecule has 0 bridgehead atoms. The van der Waals surface area contributed by atoms with Crippen LogP contribution in [0.15, 0.2) is 54.6 Å². The summed E-state index contributed by atoms with van der Waals surface area (Å²) in [7, 11) is 0. The largest absolute Gasteiger partial charge is 0.214 e. The molecule has 106 valence electrons. The molecular weight excluding hydrogens is 329 g/mol. The van der Waals surface area contributed by atoms with Crippen molar-refractivity contribution in [1.29, 1.82) is 0 Å². The molecule has 3 aromatic rings. The van der Waals surface area contributed by atoms with Gasteiger partial charge in [0.25, 0.3) is 0 Å². The fourth-order valence-electron chi connectivity index (χ4n) is 1.98. The van der Waals surface area contributed by atoms with E-state index in [1.165, 1.54) is 0 Å². The molecule has 0 N–H and O–H groups in total. The highest BCUT2D eigenvalue weighted by atomic mass is 35.5. The maximum atomic E-state index is 6.19. The molecular formula is C15H10Cl3N3. The summed E-state index contributed by atoms with van der Waals surface area (Å²) in [6, 6.07) is 16.9. The first-order valence-corrected chi connectivity index (χ1v) is 7.47. The summed E-state index contributed by atoms with van der Waals surface area (Å²) in [5, 5.41) is 5.06. The van der Waals surface area contributed by atoms with Crippen molar-refractivity contribution in [2.24, 2.45) is 0 Å². The van der Waals surface area contributed by atoms with Crippen molar-refractivity contribution in [1.82, 2.24) is 14.8 Å². The molecule has 0 aliphatic rings. The topological polar surface area (TPSA) is 30.7 Å². The zero-order valence-corrected chi connectivity index (χ0v) is 13.0. The molecule has 0 atom stereocenters. The highest BCUT2D eigenvalue weighted by molar-refractivity contribution is 6.43. The van der Waals surface area contributed by atoms with Gasteiger partial charge in [0.05, 0.1) is 10.7 Å². The van der Waals surface area contributed by atoms with Gasteiger partial charge in [0, 0.05) is 5.56 Å². The third-order valence-corrected chi connectivity index (χ3v) is 3.66. The van der Waals surface area contributed by atoms with Gasteiger partial charge in [-0.1, -0.05) is 65.1 Å². The molecule has 21 heavy (non-hydrogen) atoms. The Bertz CT molecular complexity index is 754. The summed E-state index contributed by atoms with van der Waals surface area (Å²) < 4.78 is 1.63. The predicted molar refractivity (Wildman–Crippen MR) is 86.3 cm³/mol. The Balaban J connectivity index is 2.16. The number of aromatic nitrogens is 3. The van der Waals surface area contributed by atoms with Crippen LogP contribution in [0.4, 0.5) is 0 Å². The second-order valence-electron chi connectivity index (χ2n) is 4.32. The summed E-state index contributed by atoms with van der Waals surface area (Å²) >= 11 is 18.2. The Morgan fingerprint density at radius 3 is 2.24 bits per heavy atom. The normalized spacial score (nSPS) is 11.0. The van der Waals surface area contributed by atoms with E-state index in [0.29, 0.717) is 16.7 Å². The van der Waals surface area contributed by atoms with Crippen LogP contribution in [-0.2, 0) is 0 Å². The second-order valence-corrected chi connectivity index (χ2v) is 5.82. The van der Waals surface area contributed by atoms with Gasteiger partial charge in [0.15, 0.2) is 16.5 Å². The van der Waals surface area contributed by atoms with Crippen molar-refractivity contribution in [3.63, 3.8) is 0 Å². The summed E-state index contributed by atoms with van der Waals surface area (Å²) in [6.45, 7) is 0. The average Bonchev–Trinajstić information content (AvgIpc) is 2.94. The Hall–Kier alpha value is -1.55. The van der Waals surface area contributed by atoms with E-state index in [1.807, 2.05) is 48.5 Å². The molecule has 0 aliphatic carbocycles. The number of para-hydroxylation sites is 1. The summed E-state index contributed by atoms with van der Waals surface area (Å²) in [5.41, 5.74) is 1.58. The number of rotatable bonds is 3. The molecule has 0 fully saturated rings. The molecule has 1 aromatic heterocycles. The Morgan fingerprint density at radius 2 is 1.57 bits per heavy atom. The van der Waals surface area contributed by atoms with E-state index in [4.69, 9.17) is 34.8 Å². The van der Waals surface area contributed by atoms with Crippen LogP contribution in [-0.4, -0.2) is 14.8 Å². The molecule has 0 aliphatic heterocycles. The average molecular weight is 339 g/mol. The Kier molecular flexibility index (Phi) is 4.15.